The van der Waals surface area contributed by atoms with E-state index in [9.17, 15) is 0 Å². The zero-order valence-electron chi connectivity index (χ0n) is 22.2. The van der Waals surface area contributed by atoms with Gasteiger partial charge in [0, 0.05) is 22.3 Å². The molecule has 0 fully saturated rings. The first kappa shape index (κ1) is 26.7. The van der Waals surface area contributed by atoms with Gasteiger partial charge in [-0.05, 0) is 84.0 Å². The van der Waals surface area contributed by atoms with Crippen LogP contribution in [0.1, 0.15) is 47.6 Å². The number of nitrogens with zero attached hydrogens (tertiary/aromatic N) is 1. The van der Waals surface area contributed by atoms with Crippen molar-refractivity contribution in [3.63, 3.8) is 0 Å². The highest BCUT2D eigenvalue weighted by Crippen LogP contribution is 2.49. The van der Waals surface area contributed by atoms with Crippen LogP contribution < -0.4 is 14.8 Å². The maximum Gasteiger partial charge on any atom is 0.180 e. The quantitative estimate of drug-likeness (QED) is 0.159. The fraction of sp³-hybridized carbons (Fsp3) is 0.206. The standard InChI is InChI=1S/C34H30BrClN2O2/c1-2-39-32-19-23(18-30(36)34(32)40-21-22-10-14-25(35)15-11-22)20-37-26-16-12-24(13-17-26)33-29-8-5-7-27(29)28-6-3-4-9-31(28)38-33/h3-7,9-20,27,29,33,38H,2,8,21H2,1H3/t27-,29+,33-/m0/s1. The Labute approximate surface area is 248 Å². The Bertz CT molecular complexity index is 1550. The van der Waals surface area contributed by atoms with Crippen LogP contribution in [0.4, 0.5) is 11.4 Å². The van der Waals surface area contributed by atoms with Crippen molar-refractivity contribution in [2.75, 3.05) is 11.9 Å². The molecular weight excluding hydrogens is 584 g/mol. The predicted molar refractivity (Wildman–Crippen MR) is 168 cm³/mol. The van der Waals surface area contributed by atoms with E-state index >= 15 is 0 Å². The molecule has 4 nitrogen and oxygen atoms in total. The van der Waals surface area contributed by atoms with Crippen LogP contribution in [0.25, 0.3) is 0 Å². The lowest BCUT2D eigenvalue weighted by Gasteiger charge is -2.37. The zero-order valence-corrected chi connectivity index (χ0v) is 24.5. The van der Waals surface area contributed by atoms with Gasteiger partial charge in [0.05, 0.1) is 23.4 Å². The van der Waals surface area contributed by atoms with E-state index in [1.165, 1.54) is 16.8 Å². The molecular formula is C34H30BrClN2O2. The molecule has 4 aromatic rings. The van der Waals surface area contributed by atoms with E-state index in [0.29, 0.717) is 41.6 Å². The van der Waals surface area contributed by atoms with Crippen LogP contribution in [0.15, 0.2) is 107 Å². The van der Waals surface area contributed by atoms with E-state index in [-0.39, 0.29) is 6.04 Å². The highest BCUT2D eigenvalue weighted by molar-refractivity contribution is 9.10. The number of allylic oxidation sites excluding steroid dienone is 2. The van der Waals surface area contributed by atoms with Gasteiger partial charge in [0.15, 0.2) is 11.5 Å². The van der Waals surface area contributed by atoms with Crippen molar-refractivity contribution in [3.05, 3.63) is 129 Å². The van der Waals surface area contributed by atoms with Crippen LogP contribution in [0.2, 0.25) is 5.02 Å². The fourth-order valence-electron chi connectivity index (χ4n) is 5.59. The Morgan fingerprint density at radius 2 is 1.80 bits per heavy atom. The van der Waals surface area contributed by atoms with Crippen LogP contribution in [0, 0.1) is 5.92 Å². The molecule has 1 aliphatic carbocycles. The summed E-state index contributed by atoms with van der Waals surface area (Å²) in [5.74, 6) is 2.13. The van der Waals surface area contributed by atoms with Gasteiger partial charge in [0.25, 0.3) is 0 Å². The molecule has 0 aromatic heterocycles. The van der Waals surface area contributed by atoms with Crippen LogP contribution in [0.3, 0.4) is 0 Å². The molecule has 0 saturated carbocycles. The summed E-state index contributed by atoms with van der Waals surface area (Å²) in [5, 5.41) is 4.28. The Kier molecular flexibility index (Phi) is 7.94. The number of ether oxygens (including phenoxy) is 2. The lowest BCUT2D eigenvalue weighted by atomic mass is 9.77. The third kappa shape index (κ3) is 5.67. The predicted octanol–water partition coefficient (Wildman–Crippen LogP) is 9.66. The SMILES string of the molecule is CCOc1cc(C=Nc2ccc([C@@H]3Nc4ccccc4[C@@H]4C=CC[C@H]43)cc2)cc(Cl)c1OCc1ccc(Br)cc1. The van der Waals surface area contributed by atoms with Crippen molar-refractivity contribution in [2.45, 2.75) is 31.9 Å². The number of fused-ring (bicyclic) bond motifs is 3. The van der Waals surface area contributed by atoms with E-state index < -0.39 is 0 Å². The Balaban J connectivity index is 1.17. The second-order valence-corrected chi connectivity index (χ2v) is 11.4. The molecule has 1 N–H and O–H groups in total. The molecule has 40 heavy (non-hydrogen) atoms. The Morgan fingerprint density at radius 3 is 2.60 bits per heavy atom. The number of halogens is 2. The summed E-state index contributed by atoms with van der Waals surface area (Å²) in [6, 6.07) is 29.2. The molecule has 0 radical (unpaired) electrons. The largest absolute Gasteiger partial charge is 0.490 e. The van der Waals surface area contributed by atoms with E-state index in [2.05, 4.69) is 81.9 Å². The van der Waals surface area contributed by atoms with Crippen LogP contribution >= 0.6 is 27.5 Å². The smallest absolute Gasteiger partial charge is 0.180 e. The molecule has 1 heterocycles. The number of para-hydroxylation sites is 1. The van der Waals surface area contributed by atoms with Gasteiger partial charge in [-0.25, -0.2) is 0 Å². The lowest BCUT2D eigenvalue weighted by molar-refractivity contribution is 0.269. The summed E-state index contributed by atoms with van der Waals surface area (Å²) in [7, 11) is 0. The molecule has 1 aliphatic heterocycles. The van der Waals surface area contributed by atoms with Crippen LogP contribution in [0.5, 0.6) is 11.5 Å². The number of rotatable bonds is 8. The van der Waals surface area contributed by atoms with Crippen molar-refractivity contribution in [1.29, 1.82) is 0 Å². The van der Waals surface area contributed by atoms with Gasteiger partial charge in [-0.3, -0.25) is 4.99 Å². The second-order valence-electron chi connectivity index (χ2n) is 10.1. The summed E-state index contributed by atoms with van der Waals surface area (Å²) < 4.78 is 13.0. The van der Waals surface area contributed by atoms with E-state index in [0.717, 1.165) is 27.7 Å². The molecule has 0 bridgehead atoms. The Hall–Kier alpha value is -3.54. The first-order valence-corrected chi connectivity index (χ1v) is 14.8. The van der Waals surface area contributed by atoms with Gasteiger partial charge in [0.1, 0.15) is 6.61 Å². The van der Waals surface area contributed by atoms with Gasteiger partial charge in [-0.2, -0.15) is 0 Å². The molecule has 6 heteroatoms. The van der Waals surface area contributed by atoms with Gasteiger partial charge in [-0.1, -0.05) is 82.1 Å². The van der Waals surface area contributed by atoms with Gasteiger partial charge >= 0.3 is 0 Å². The highest BCUT2D eigenvalue weighted by Gasteiger charge is 2.37. The monoisotopic (exact) mass is 612 g/mol. The Morgan fingerprint density at radius 1 is 1.00 bits per heavy atom. The van der Waals surface area contributed by atoms with Crippen molar-refractivity contribution >= 4 is 45.1 Å². The molecule has 202 valence electrons. The molecule has 0 unspecified atom stereocenters. The molecule has 0 amide bonds. The van der Waals surface area contributed by atoms with Crippen LogP contribution in [-0.2, 0) is 6.61 Å². The van der Waals surface area contributed by atoms with Crippen LogP contribution in [-0.4, -0.2) is 12.8 Å². The molecule has 3 atom stereocenters. The van der Waals surface area contributed by atoms with Crippen molar-refractivity contribution in [3.8, 4) is 11.5 Å². The van der Waals surface area contributed by atoms with E-state index in [4.69, 9.17) is 26.1 Å². The highest BCUT2D eigenvalue weighted by atomic mass is 79.9. The maximum atomic E-state index is 6.64. The molecule has 0 saturated heterocycles. The summed E-state index contributed by atoms with van der Waals surface area (Å²) in [6.07, 6.45) is 7.59. The normalized spacial score (nSPS) is 19.2. The van der Waals surface area contributed by atoms with Gasteiger partial charge < -0.3 is 14.8 Å². The molecule has 4 aromatic carbocycles. The van der Waals surface area contributed by atoms with Gasteiger partial charge in [-0.15, -0.1) is 0 Å². The molecule has 6 rings (SSSR count). The fourth-order valence-corrected chi connectivity index (χ4v) is 6.13. The number of nitrogens with one attached hydrogen (secondary N) is 1. The third-order valence-electron chi connectivity index (χ3n) is 7.52. The maximum absolute atomic E-state index is 6.64. The summed E-state index contributed by atoms with van der Waals surface area (Å²) in [4.78, 5) is 4.72. The first-order valence-electron chi connectivity index (χ1n) is 13.6. The number of aliphatic imine (C=N–C) groups is 1. The minimum absolute atomic E-state index is 0.269. The van der Waals surface area contributed by atoms with Crippen molar-refractivity contribution in [2.24, 2.45) is 10.9 Å². The average Bonchev–Trinajstić information content (AvgIpc) is 3.47. The van der Waals surface area contributed by atoms with E-state index in [1.54, 1.807) is 0 Å². The number of anilines is 1. The minimum Gasteiger partial charge on any atom is -0.490 e. The zero-order chi connectivity index (χ0) is 27.5. The van der Waals surface area contributed by atoms with Gasteiger partial charge in [0.2, 0.25) is 0 Å². The first-order chi connectivity index (χ1) is 19.6. The summed E-state index contributed by atoms with van der Waals surface area (Å²) in [6.45, 7) is 2.84. The molecule has 0 spiro atoms. The summed E-state index contributed by atoms with van der Waals surface area (Å²) >= 11 is 10.1. The van der Waals surface area contributed by atoms with Crippen molar-refractivity contribution in [1.82, 2.24) is 0 Å². The number of hydrogen-bond acceptors (Lipinski definition) is 4. The average molecular weight is 614 g/mol. The number of benzene rings is 4. The topological polar surface area (TPSA) is 42.8 Å². The minimum atomic E-state index is 0.269. The number of hydrogen-bond donors (Lipinski definition) is 1. The lowest BCUT2D eigenvalue weighted by Crippen LogP contribution is -2.28. The molecule has 2 aliphatic rings. The summed E-state index contributed by atoms with van der Waals surface area (Å²) in [5.41, 5.74) is 6.68. The van der Waals surface area contributed by atoms with Crippen molar-refractivity contribution < 1.29 is 9.47 Å². The second kappa shape index (κ2) is 11.9. The van der Waals surface area contributed by atoms with E-state index in [1.807, 2.05) is 49.5 Å². The third-order valence-corrected chi connectivity index (χ3v) is 8.32.